The minimum absolute atomic E-state index is 0.0207. The van der Waals surface area contributed by atoms with Crippen molar-refractivity contribution in [2.45, 2.75) is 6.18 Å². The second-order valence-electron chi connectivity index (χ2n) is 7.90. The number of thioether (sulfide) groups is 1. The molecule has 1 fully saturated rings. The number of carbonyl (C=O) groups excluding carboxylic acids is 3. The molecule has 1 heterocycles. The van der Waals surface area contributed by atoms with Gasteiger partial charge in [0.25, 0.3) is 11.1 Å². The number of nitrogens with zero attached hydrogens (tertiary/aromatic N) is 2. The molecule has 0 spiro atoms. The van der Waals surface area contributed by atoms with Crippen LogP contribution in [0.4, 0.5) is 29.3 Å². The van der Waals surface area contributed by atoms with Crippen LogP contribution in [0.5, 0.6) is 11.5 Å². The standard InChI is InChI=1S/C25H15ClF3N3O6S/c26-16-6-8-17(9-7-16)30-22(33)13-31-23(34)21(39-24(31)35)11-14-3-1-2-4-19(14)38-20-10-5-15(25(27,28)29)12-18(20)32(36)37/h1-12H,13H2,(H,30,33)/b21-11+. The second kappa shape index (κ2) is 11.2. The summed E-state index contributed by atoms with van der Waals surface area (Å²) in [5.74, 6) is -1.86. The van der Waals surface area contributed by atoms with Crippen molar-refractivity contribution in [3.8, 4) is 11.5 Å². The third-order valence-electron chi connectivity index (χ3n) is 5.21. The first-order valence-corrected chi connectivity index (χ1v) is 12.0. The molecule has 1 aliphatic rings. The molecule has 0 atom stereocenters. The molecule has 3 aromatic carbocycles. The molecule has 0 aromatic heterocycles. The van der Waals surface area contributed by atoms with Crippen LogP contribution in [0, 0.1) is 10.1 Å². The van der Waals surface area contributed by atoms with Gasteiger partial charge < -0.3 is 10.1 Å². The van der Waals surface area contributed by atoms with Crippen molar-refractivity contribution >= 4 is 57.9 Å². The highest BCUT2D eigenvalue weighted by molar-refractivity contribution is 8.18. The number of benzene rings is 3. The van der Waals surface area contributed by atoms with Crippen LogP contribution in [0.2, 0.25) is 5.02 Å². The van der Waals surface area contributed by atoms with Gasteiger partial charge in [0, 0.05) is 22.3 Å². The number of amides is 3. The fraction of sp³-hybridized carbons (Fsp3) is 0.0800. The first-order chi connectivity index (χ1) is 18.4. The first kappa shape index (κ1) is 27.7. The van der Waals surface area contributed by atoms with E-state index in [9.17, 15) is 37.7 Å². The number of anilines is 1. The lowest BCUT2D eigenvalue weighted by Crippen LogP contribution is -2.36. The molecule has 14 heteroatoms. The molecule has 1 aliphatic heterocycles. The summed E-state index contributed by atoms with van der Waals surface area (Å²) in [7, 11) is 0. The minimum Gasteiger partial charge on any atom is -0.449 e. The molecule has 9 nitrogen and oxygen atoms in total. The van der Waals surface area contributed by atoms with E-state index in [2.05, 4.69) is 5.32 Å². The van der Waals surface area contributed by atoms with Crippen molar-refractivity contribution in [3.05, 3.63) is 97.9 Å². The van der Waals surface area contributed by atoms with Crippen LogP contribution in [0.3, 0.4) is 0 Å². The van der Waals surface area contributed by atoms with Crippen molar-refractivity contribution < 1.29 is 37.2 Å². The fourth-order valence-corrected chi connectivity index (χ4v) is 4.34. The van der Waals surface area contributed by atoms with E-state index >= 15 is 0 Å². The number of carbonyl (C=O) groups is 3. The number of alkyl halides is 3. The summed E-state index contributed by atoms with van der Waals surface area (Å²) < 4.78 is 44.6. The van der Waals surface area contributed by atoms with E-state index in [-0.39, 0.29) is 16.2 Å². The van der Waals surface area contributed by atoms with E-state index in [1.807, 2.05) is 0 Å². The molecule has 0 bridgehead atoms. The minimum atomic E-state index is -4.80. The number of hydrogen-bond acceptors (Lipinski definition) is 7. The van der Waals surface area contributed by atoms with Crippen LogP contribution in [0.25, 0.3) is 6.08 Å². The van der Waals surface area contributed by atoms with Gasteiger partial charge >= 0.3 is 11.9 Å². The van der Waals surface area contributed by atoms with E-state index in [0.29, 0.717) is 34.6 Å². The van der Waals surface area contributed by atoms with Gasteiger partial charge in [0.15, 0.2) is 0 Å². The molecular formula is C25H15ClF3N3O6S. The lowest BCUT2D eigenvalue weighted by Gasteiger charge is -2.13. The Labute approximate surface area is 227 Å². The summed E-state index contributed by atoms with van der Waals surface area (Å²) in [4.78, 5) is 48.8. The highest BCUT2D eigenvalue weighted by Gasteiger charge is 2.37. The predicted octanol–water partition coefficient (Wildman–Crippen LogP) is 6.73. The van der Waals surface area contributed by atoms with E-state index in [4.69, 9.17) is 16.3 Å². The van der Waals surface area contributed by atoms with Crippen LogP contribution < -0.4 is 10.1 Å². The van der Waals surface area contributed by atoms with Gasteiger partial charge in [-0.1, -0.05) is 29.8 Å². The van der Waals surface area contributed by atoms with E-state index in [0.717, 1.165) is 11.0 Å². The topological polar surface area (TPSA) is 119 Å². The van der Waals surface area contributed by atoms with Gasteiger partial charge in [0.05, 0.1) is 15.4 Å². The third kappa shape index (κ3) is 6.56. The SMILES string of the molecule is O=C(CN1C(=O)S/C(=C/c2ccccc2Oc2ccc(C(F)(F)F)cc2[N+](=O)[O-])C1=O)Nc1ccc(Cl)cc1. The van der Waals surface area contributed by atoms with Gasteiger partial charge in [0.2, 0.25) is 11.7 Å². The normalized spacial score (nSPS) is 14.6. The summed E-state index contributed by atoms with van der Waals surface area (Å²) >= 11 is 6.37. The molecule has 1 N–H and O–H groups in total. The summed E-state index contributed by atoms with van der Waals surface area (Å²) in [5.41, 5.74) is -1.51. The third-order valence-corrected chi connectivity index (χ3v) is 6.37. The second-order valence-corrected chi connectivity index (χ2v) is 9.33. The molecule has 39 heavy (non-hydrogen) atoms. The molecule has 3 aromatic rings. The van der Waals surface area contributed by atoms with E-state index in [1.165, 1.54) is 24.3 Å². The number of rotatable bonds is 7. The van der Waals surface area contributed by atoms with Crippen LogP contribution >= 0.6 is 23.4 Å². The van der Waals surface area contributed by atoms with E-state index < -0.39 is 51.7 Å². The number of nitro benzene ring substituents is 1. The molecule has 0 aliphatic carbocycles. The Balaban J connectivity index is 1.54. The molecule has 4 rings (SSSR count). The first-order valence-electron chi connectivity index (χ1n) is 10.9. The van der Waals surface area contributed by atoms with Crippen molar-refractivity contribution in [2.75, 3.05) is 11.9 Å². The van der Waals surface area contributed by atoms with Gasteiger partial charge in [-0.05, 0) is 60.3 Å². The average Bonchev–Trinajstić information content (AvgIpc) is 3.13. The lowest BCUT2D eigenvalue weighted by atomic mass is 10.1. The molecule has 0 unspecified atom stereocenters. The van der Waals surface area contributed by atoms with Gasteiger partial charge in [-0.15, -0.1) is 0 Å². The Bertz CT molecular complexity index is 1510. The summed E-state index contributed by atoms with van der Waals surface area (Å²) in [6, 6.07) is 14.0. The van der Waals surface area contributed by atoms with Crippen molar-refractivity contribution in [2.24, 2.45) is 0 Å². The Morgan fingerprint density at radius 2 is 1.77 bits per heavy atom. The van der Waals surface area contributed by atoms with Gasteiger partial charge in [0.1, 0.15) is 12.3 Å². The Hall–Kier alpha value is -4.36. The lowest BCUT2D eigenvalue weighted by molar-refractivity contribution is -0.385. The van der Waals surface area contributed by atoms with Gasteiger partial charge in [-0.2, -0.15) is 13.2 Å². The average molecular weight is 578 g/mol. The fourth-order valence-electron chi connectivity index (χ4n) is 3.39. The van der Waals surface area contributed by atoms with Gasteiger partial charge in [-0.3, -0.25) is 29.4 Å². The molecule has 200 valence electrons. The number of imide groups is 1. The Kier molecular flexibility index (Phi) is 7.93. The smallest absolute Gasteiger partial charge is 0.416 e. The maximum absolute atomic E-state index is 13.0. The number of hydrogen-bond donors (Lipinski definition) is 1. The number of halogens is 4. The van der Waals surface area contributed by atoms with Crippen LogP contribution in [0.1, 0.15) is 11.1 Å². The van der Waals surface area contributed by atoms with Crippen molar-refractivity contribution in [1.29, 1.82) is 0 Å². The highest BCUT2D eigenvalue weighted by Crippen LogP contribution is 2.40. The number of para-hydroxylation sites is 1. The number of nitro groups is 1. The predicted molar refractivity (Wildman–Crippen MR) is 137 cm³/mol. The van der Waals surface area contributed by atoms with Crippen molar-refractivity contribution in [1.82, 2.24) is 4.90 Å². The number of ether oxygens (including phenoxy) is 1. The monoisotopic (exact) mass is 577 g/mol. The van der Waals surface area contributed by atoms with Gasteiger partial charge in [-0.25, -0.2) is 0 Å². The van der Waals surface area contributed by atoms with E-state index in [1.54, 1.807) is 30.3 Å². The molecule has 1 saturated heterocycles. The quantitative estimate of drug-likeness (QED) is 0.188. The van der Waals surface area contributed by atoms with Crippen molar-refractivity contribution in [3.63, 3.8) is 0 Å². The van der Waals surface area contributed by atoms with Crippen LogP contribution in [-0.4, -0.2) is 33.4 Å². The Morgan fingerprint density at radius 3 is 2.44 bits per heavy atom. The summed E-state index contributed by atoms with van der Waals surface area (Å²) in [5, 5.41) is 13.7. The largest absolute Gasteiger partial charge is 0.449 e. The zero-order valence-corrected chi connectivity index (χ0v) is 21.0. The summed E-state index contributed by atoms with van der Waals surface area (Å²) in [6.45, 7) is -0.555. The maximum atomic E-state index is 13.0. The zero-order chi connectivity index (χ0) is 28.3. The van der Waals surface area contributed by atoms with Crippen LogP contribution in [-0.2, 0) is 15.8 Å². The molecular weight excluding hydrogens is 563 g/mol. The molecule has 0 saturated carbocycles. The zero-order valence-electron chi connectivity index (χ0n) is 19.4. The number of nitrogens with one attached hydrogen (secondary N) is 1. The molecule has 3 amide bonds. The maximum Gasteiger partial charge on any atom is 0.416 e. The summed E-state index contributed by atoms with van der Waals surface area (Å²) in [6.07, 6.45) is -3.51. The Morgan fingerprint density at radius 1 is 1.08 bits per heavy atom. The highest BCUT2D eigenvalue weighted by atomic mass is 35.5. The molecule has 0 radical (unpaired) electrons. The van der Waals surface area contributed by atoms with Crippen LogP contribution in [0.15, 0.2) is 71.6 Å².